The Bertz CT molecular complexity index is 1770. The first-order valence-corrected chi connectivity index (χ1v) is 19.0. The summed E-state index contributed by atoms with van der Waals surface area (Å²) < 4.78 is 122. The Morgan fingerprint density at radius 2 is 0.449 bits per heavy atom. The Kier molecular flexibility index (Phi) is 20.1. The molecule has 256 valence electrons. The average molecular weight is 745 g/mol. The molecule has 0 saturated carbocycles. The van der Waals surface area contributed by atoms with Crippen molar-refractivity contribution >= 4 is 64.8 Å². The molecule has 0 aromatic heterocycles. The van der Waals surface area contributed by atoms with Gasteiger partial charge in [-0.3, -0.25) is 0 Å². The molecule has 0 N–H and O–H groups in total. The van der Waals surface area contributed by atoms with E-state index in [1.54, 1.807) is 97.1 Å². The van der Waals surface area contributed by atoms with E-state index < -0.39 is 40.5 Å². The Labute approximate surface area is 288 Å². The van der Waals surface area contributed by atoms with Gasteiger partial charge in [-0.15, -0.1) is 0 Å². The third-order valence-electron chi connectivity index (χ3n) is 4.91. The van der Waals surface area contributed by atoms with Gasteiger partial charge in [-0.25, -0.2) is 33.7 Å². The van der Waals surface area contributed by atoms with Crippen LogP contribution in [0.3, 0.4) is 0 Å². The third-order valence-corrected chi connectivity index (χ3v) is 6.78. The SMILES string of the molecule is O=S(=O)([O-])C=Cc1ccccc1.O=S(=O)([O-])C=Cc1ccccc1.O=S(=O)([O-])C=Cc1ccccc1.O=S(=O)([O-])C=Cc1ccccc1.[C+4]. The summed E-state index contributed by atoms with van der Waals surface area (Å²) in [6, 6.07) is 35.0. The zero-order valence-corrected chi connectivity index (χ0v) is 28.5. The van der Waals surface area contributed by atoms with E-state index in [9.17, 15) is 51.9 Å². The Morgan fingerprint density at radius 3 is 0.571 bits per heavy atom. The van der Waals surface area contributed by atoms with E-state index >= 15 is 0 Å². The molecule has 16 heteroatoms. The van der Waals surface area contributed by atoms with Crippen molar-refractivity contribution in [2.45, 2.75) is 0 Å². The van der Waals surface area contributed by atoms with Crippen LogP contribution in [0.15, 0.2) is 143 Å². The topological polar surface area (TPSA) is 229 Å². The van der Waals surface area contributed by atoms with Crippen molar-refractivity contribution in [3.8, 4) is 0 Å². The maximum Gasteiger partial charge on any atom is 4.00 e. The van der Waals surface area contributed by atoms with Crippen molar-refractivity contribution in [3.05, 3.63) is 173 Å². The third kappa shape index (κ3) is 28.2. The van der Waals surface area contributed by atoms with Crippen LogP contribution in [0, 0.1) is 7.43 Å². The molecule has 0 atom stereocenters. The summed E-state index contributed by atoms with van der Waals surface area (Å²) in [5.74, 6) is 0. The molecule has 0 bridgehead atoms. The number of hydrogen-bond acceptors (Lipinski definition) is 12. The van der Waals surface area contributed by atoms with E-state index in [-0.39, 0.29) is 7.43 Å². The van der Waals surface area contributed by atoms with Crippen molar-refractivity contribution in [1.29, 1.82) is 0 Å². The van der Waals surface area contributed by atoms with Gasteiger partial charge in [0.05, 0.1) is 0 Å². The first kappa shape index (κ1) is 44.5. The molecule has 4 rings (SSSR count). The molecule has 4 aromatic rings. The Balaban J connectivity index is 0.000000623. The fourth-order valence-electron chi connectivity index (χ4n) is 2.90. The van der Waals surface area contributed by atoms with Gasteiger partial charge in [-0.2, -0.15) is 0 Å². The minimum Gasteiger partial charge on any atom is -0.744 e. The molecule has 0 amide bonds. The van der Waals surface area contributed by atoms with Crippen LogP contribution in [-0.4, -0.2) is 51.9 Å². The molecule has 0 saturated heterocycles. The summed E-state index contributed by atoms with van der Waals surface area (Å²) in [4.78, 5) is 0. The molecule has 0 heterocycles. The molecule has 0 radical (unpaired) electrons. The monoisotopic (exact) mass is 744 g/mol. The standard InChI is InChI=1S/4C8H8O3S.C/c4*9-12(10,11)7-6-8-4-2-1-3-5-8;/h4*1-7H,(H,9,10,11);/q;;;;+4/p-4. The van der Waals surface area contributed by atoms with Crippen LogP contribution in [0.4, 0.5) is 0 Å². The smallest absolute Gasteiger partial charge is 0.744 e. The van der Waals surface area contributed by atoms with Crippen LogP contribution in [0.1, 0.15) is 22.3 Å². The van der Waals surface area contributed by atoms with Crippen LogP contribution in [0.5, 0.6) is 0 Å². The van der Waals surface area contributed by atoms with E-state index in [0.717, 1.165) is 0 Å². The van der Waals surface area contributed by atoms with Crippen molar-refractivity contribution in [1.82, 2.24) is 0 Å². The average Bonchev–Trinajstić information content (AvgIpc) is 3.03. The predicted molar refractivity (Wildman–Crippen MR) is 184 cm³/mol. The normalized spacial score (nSPS) is 11.8. The summed E-state index contributed by atoms with van der Waals surface area (Å²) in [6.45, 7) is 0. The molecule has 49 heavy (non-hydrogen) atoms. The first-order chi connectivity index (χ1) is 22.3. The predicted octanol–water partition coefficient (Wildman–Crippen LogP) is 4.89. The fraction of sp³-hybridized carbons (Fsp3) is 0. The minimum atomic E-state index is -4.25. The summed E-state index contributed by atoms with van der Waals surface area (Å²) in [5.41, 5.74) is 2.77. The summed E-state index contributed by atoms with van der Waals surface area (Å²) >= 11 is 0. The molecule has 0 unspecified atom stereocenters. The van der Waals surface area contributed by atoms with Gasteiger partial charge in [-0.1, -0.05) is 121 Å². The van der Waals surface area contributed by atoms with Gasteiger partial charge in [0.1, 0.15) is 40.5 Å². The minimum absolute atomic E-state index is 0. The van der Waals surface area contributed by atoms with Crippen LogP contribution in [0.2, 0.25) is 0 Å². The summed E-state index contributed by atoms with van der Waals surface area (Å²) in [5, 5.41) is 2.56. The van der Waals surface area contributed by atoms with E-state index in [1.165, 1.54) is 24.3 Å². The van der Waals surface area contributed by atoms with Crippen LogP contribution in [-0.2, 0) is 40.5 Å². The van der Waals surface area contributed by atoms with Crippen molar-refractivity contribution < 1.29 is 51.9 Å². The second-order valence-electron chi connectivity index (χ2n) is 8.82. The Morgan fingerprint density at radius 1 is 0.306 bits per heavy atom. The van der Waals surface area contributed by atoms with Gasteiger partial charge in [-0.05, 0) is 46.6 Å². The van der Waals surface area contributed by atoms with Gasteiger partial charge < -0.3 is 18.2 Å². The molecular formula is C33H28O12S4. The second-order valence-corrected chi connectivity index (χ2v) is 13.9. The molecule has 0 spiro atoms. The maximum atomic E-state index is 10.2. The van der Waals surface area contributed by atoms with Gasteiger partial charge in [0, 0.05) is 21.6 Å². The van der Waals surface area contributed by atoms with Gasteiger partial charge in [0.25, 0.3) is 0 Å². The molecule has 4 aromatic carbocycles. The number of benzene rings is 4. The van der Waals surface area contributed by atoms with Crippen LogP contribution < -0.4 is 0 Å². The van der Waals surface area contributed by atoms with E-state index in [4.69, 9.17) is 0 Å². The van der Waals surface area contributed by atoms with Gasteiger partial charge >= 0.3 is 7.43 Å². The molecule has 0 aliphatic rings. The van der Waals surface area contributed by atoms with Crippen molar-refractivity contribution in [2.75, 3.05) is 0 Å². The zero-order valence-electron chi connectivity index (χ0n) is 25.2. The summed E-state index contributed by atoms with van der Waals surface area (Å²) in [7, 11) is -17.0. The molecule has 0 aliphatic carbocycles. The van der Waals surface area contributed by atoms with Crippen LogP contribution >= 0.6 is 0 Å². The Hall–Kier alpha value is -4.52. The number of hydrogen-bond donors (Lipinski definition) is 0. The molecule has 0 fully saturated rings. The number of rotatable bonds is 8. The zero-order chi connectivity index (χ0) is 36.1. The first-order valence-electron chi connectivity index (χ1n) is 13.1. The van der Waals surface area contributed by atoms with Crippen molar-refractivity contribution in [2.24, 2.45) is 0 Å². The second kappa shape index (κ2) is 22.2. The van der Waals surface area contributed by atoms with E-state index in [0.29, 0.717) is 43.9 Å². The van der Waals surface area contributed by atoms with Crippen LogP contribution in [0.25, 0.3) is 24.3 Å². The van der Waals surface area contributed by atoms with Crippen molar-refractivity contribution in [3.63, 3.8) is 0 Å². The quantitative estimate of drug-likeness (QED) is 0.220. The molecular weight excluding hydrogens is 717 g/mol. The van der Waals surface area contributed by atoms with E-state index in [2.05, 4.69) is 0 Å². The fourth-order valence-corrected chi connectivity index (χ4v) is 4.20. The molecule has 12 nitrogen and oxygen atoms in total. The van der Waals surface area contributed by atoms with Gasteiger partial charge in [0.2, 0.25) is 0 Å². The largest absolute Gasteiger partial charge is 4.00 e. The molecule has 0 aliphatic heterocycles. The summed E-state index contributed by atoms with van der Waals surface area (Å²) in [6.07, 6.45) is 5.06. The van der Waals surface area contributed by atoms with Gasteiger partial charge in [0.15, 0.2) is 0 Å². The van der Waals surface area contributed by atoms with E-state index in [1.807, 2.05) is 24.3 Å². The maximum absolute atomic E-state index is 10.2.